The number of oxazole rings is 1. The number of hydrogen-bond donors (Lipinski definition) is 1. The van der Waals surface area contributed by atoms with Crippen LogP contribution in [0.15, 0.2) is 34.9 Å². The van der Waals surface area contributed by atoms with Crippen LogP contribution in [0.25, 0.3) is 11.3 Å². The smallest absolute Gasteiger partial charge is 0.307 e. The average Bonchev–Trinajstić information content (AvgIpc) is 3.10. The molecule has 0 saturated carbocycles. The van der Waals surface area contributed by atoms with Gasteiger partial charge >= 0.3 is 5.97 Å². The first-order valence-electron chi connectivity index (χ1n) is 6.77. The fourth-order valence-corrected chi connectivity index (χ4v) is 2.63. The molecule has 1 fully saturated rings. The van der Waals surface area contributed by atoms with Gasteiger partial charge in [-0.3, -0.25) is 9.69 Å². The molecule has 1 unspecified atom stereocenters. The van der Waals surface area contributed by atoms with E-state index in [9.17, 15) is 4.79 Å². The Morgan fingerprint density at radius 2 is 2.14 bits per heavy atom. The predicted octanol–water partition coefficient (Wildman–Crippen LogP) is 3.32. The predicted molar refractivity (Wildman–Crippen MR) is 85.2 cm³/mol. The van der Waals surface area contributed by atoms with Gasteiger partial charge in [0.2, 0.25) is 5.89 Å². The topological polar surface area (TPSA) is 66.6 Å². The molecule has 0 spiro atoms. The first-order chi connectivity index (χ1) is 10.1. The lowest BCUT2D eigenvalue weighted by Gasteiger charge is -2.11. The van der Waals surface area contributed by atoms with Crippen molar-refractivity contribution in [3.05, 3.63) is 41.4 Å². The molecule has 1 N–H and O–H groups in total. The molecule has 1 aromatic carbocycles. The molecule has 3 rings (SSSR count). The SMILES string of the molecule is Cl.O=C(O)C1CCN(Cc2ncc(-c3ccc(Cl)cc3)o2)C1. The van der Waals surface area contributed by atoms with Gasteiger partial charge < -0.3 is 9.52 Å². The van der Waals surface area contributed by atoms with Crippen LogP contribution in [-0.2, 0) is 11.3 Å². The molecular formula is C15H16Cl2N2O3. The summed E-state index contributed by atoms with van der Waals surface area (Å²) in [5.41, 5.74) is 0.919. The second kappa shape index (κ2) is 7.13. The van der Waals surface area contributed by atoms with Gasteiger partial charge in [0.15, 0.2) is 5.76 Å². The van der Waals surface area contributed by atoms with Crippen LogP contribution in [0.5, 0.6) is 0 Å². The molecule has 7 heteroatoms. The summed E-state index contributed by atoms with van der Waals surface area (Å²) in [7, 11) is 0. The molecule has 0 bridgehead atoms. The summed E-state index contributed by atoms with van der Waals surface area (Å²) < 4.78 is 5.72. The number of aromatic nitrogens is 1. The van der Waals surface area contributed by atoms with Crippen molar-refractivity contribution < 1.29 is 14.3 Å². The zero-order valence-corrected chi connectivity index (χ0v) is 13.3. The maximum absolute atomic E-state index is 10.9. The largest absolute Gasteiger partial charge is 0.481 e. The highest BCUT2D eigenvalue weighted by atomic mass is 35.5. The second-order valence-electron chi connectivity index (χ2n) is 5.18. The molecule has 0 amide bonds. The Balaban J connectivity index is 0.00000176. The monoisotopic (exact) mass is 342 g/mol. The molecule has 1 aromatic heterocycles. The maximum atomic E-state index is 10.9. The van der Waals surface area contributed by atoms with Crippen molar-refractivity contribution in [2.24, 2.45) is 5.92 Å². The Morgan fingerprint density at radius 1 is 1.41 bits per heavy atom. The standard InChI is InChI=1S/C15H15ClN2O3.ClH/c16-12-3-1-10(2-4-12)13-7-17-14(21-13)9-18-6-5-11(8-18)15(19)20;/h1-4,7,11H,5-6,8-9H2,(H,19,20);1H. The molecular weight excluding hydrogens is 327 g/mol. The summed E-state index contributed by atoms with van der Waals surface area (Å²) in [6.07, 6.45) is 2.36. The molecule has 2 aromatic rings. The van der Waals surface area contributed by atoms with E-state index in [4.69, 9.17) is 21.1 Å². The fraction of sp³-hybridized carbons (Fsp3) is 0.333. The van der Waals surface area contributed by atoms with Crippen molar-refractivity contribution in [2.75, 3.05) is 13.1 Å². The van der Waals surface area contributed by atoms with Gasteiger partial charge in [0, 0.05) is 17.1 Å². The van der Waals surface area contributed by atoms with Crippen molar-refractivity contribution >= 4 is 30.0 Å². The summed E-state index contributed by atoms with van der Waals surface area (Å²) in [5, 5.41) is 9.67. The highest BCUT2D eigenvalue weighted by Gasteiger charge is 2.28. The van der Waals surface area contributed by atoms with Crippen LogP contribution in [0.3, 0.4) is 0 Å². The highest BCUT2D eigenvalue weighted by Crippen LogP contribution is 2.24. The molecule has 1 aliphatic heterocycles. The zero-order chi connectivity index (χ0) is 14.8. The number of aliphatic carboxylic acids is 1. The van der Waals surface area contributed by atoms with Crippen LogP contribution in [0.1, 0.15) is 12.3 Å². The lowest BCUT2D eigenvalue weighted by molar-refractivity contribution is -0.141. The van der Waals surface area contributed by atoms with E-state index in [1.165, 1.54) is 0 Å². The van der Waals surface area contributed by atoms with E-state index in [1.54, 1.807) is 18.3 Å². The lowest BCUT2D eigenvalue weighted by atomic mass is 10.1. The summed E-state index contributed by atoms with van der Waals surface area (Å²) in [6, 6.07) is 7.36. The summed E-state index contributed by atoms with van der Waals surface area (Å²) >= 11 is 5.86. The number of rotatable bonds is 4. The van der Waals surface area contributed by atoms with E-state index in [0.717, 1.165) is 12.1 Å². The number of carboxylic acids is 1. The van der Waals surface area contributed by atoms with Gasteiger partial charge in [0.25, 0.3) is 0 Å². The molecule has 1 aliphatic rings. The zero-order valence-electron chi connectivity index (χ0n) is 11.7. The van der Waals surface area contributed by atoms with Crippen LogP contribution in [-0.4, -0.2) is 34.0 Å². The van der Waals surface area contributed by atoms with E-state index in [1.807, 2.05) is 12.1 Å². The Labute approximate surface area is 139 Å². The average molecular weight is 343 g/mol. The highest BCUT2D eigenvalue weighted by molar-refractivity contribution is 6.30. The quantitative estimate of drug-likeness (QED) is 0.922. The van der Waals surface area contributed by atoms with Gasteiger partial charge in [-0.05, 0) is 37.2 Å². The van der Waals surface area contributed by atoms with Crippen LogP contribution >= 0.6 is 24.0 Å². The fourth-order valence-electron chi connectivity index (χ4n) is 2.50. The van der Waals surface area contributed by atoms with Crippen LogP contribution in [0.2, 0.25) is 5.02 Å². The van der Waals surface area contributed by atoms with E-state index < -0.39 is 5.97 Å². The van der Waals surface area contributed by atoms with Crippen LogP contribution in [0.4, 0.5) is 0 Å². The number of carboxylic acid groups (broad SMARTS) is 1. The Kier molecular flexibility index (Phi) is 5.45. The maximum Gasteiger partial charge on any atom is 0.307 e. The summed E-state index contributed by atoms with van der Waals surface area (Å²) in [5.74, 6) is 0.282. The minimum Gasteiger partial charge on any atom is -0.481 e. The van der Waals surface area contributed by atoms with Gasteiger partial charge in [-0.1, -0.05) is 11.6 Å². The number of benzene rings is 1. The Morgan fingerprint density at radius 3 is 2.77 bits per heavy atom. The van der Waals surface area contributed by atoms with Gasteiger partial charge in [-0.25, -0.2) is 4.98 Å². The number of hydrogen-bond acceptors (Lipinski definition) is 4. The third kappa shape index (κ3) is 3.80. The first-order valence-corrected chi connectivity index (χ1v) is 7.15. The number of halogens is 2. The van der Waals surface area contributed by atoms with Gasteiger partial charge in [-0.15, -0.1) is 12.4 Å². The number of carbonyl (C=O) groups is 1. The number of nitrogens with zero attached hydrogens (tertiary/aromatic N) is 2. The van der Waals surface area contributed by atoms with Crippen molar-refractivity contribution in [2.45, 2.75) is 13.0 Å². The van der Waals surface area contributed by atoms with Crippen molar-refractivity contribution in [1.29, 1.82) is 0 Å². The van der Waals surface area contributed by atoms with E-state index >= 15 is 0 Å². The molecule has 22 heavy (non-hydrogen) atoms. The van der Waals surface area contributed by atoms with Crippen molar-refractivity contribution in [3.63, 3.8) is 0 Å². The normalized spacial score (nSPS) is 18.1. The Bertz CT molecular complexity index is 642. The molecule has 2 heterocycles. The van der Waals surface area contributed by atoms with Gasteiger partial charge in [0.05, 0.1) is 18.7 Å². The van der Waals surface area contributed by atoms with Gasteiger partial charge in [0.1, 0.15) is 0 Å². The summed E-state index contributed by atoms with van der Waals surface area (Å²) in [6.45, 7) is 1.85. The van der Waals surface area contributed by atoms with Crippen molar-refractivity contribution in [3.8, 4) is 11.3 Å². The lowest BCUT2D eigenvalue weighted by Crippen LogP contribution is -2.22. The first kappa shape index (κ1) is 16.8. The van der Waals surface area contributed by atoms with Crippen LogP contribution in [0, 0.1) is 5.92 Å². The molecule has 5 nitrogen and oxygen atoms in total. The van der Waals surface area contributed by atoms with Gasteiger partial charge in [-0.2, -0.15) is 0 Å². The molecule has 1 atom stereocenters. The molecule has 1 saturated heterocycles. The third-order valence-corrected chi connectivity index (χ3v) is 3.91. The summed E-state index contributed by atoms with van der Waals surface area (Å²) in [4.78, 5) is 17.3. The van der Waals surface area contributed by atoms with E-state index in [0.29, 0.717) is 36.2 Å². The minimum absolute atomic E-state index is 0. The van der Waals surface area contributed by atoms with E-state index in [-0.39, 0.29) is 18.3 Å². The minimum atomic E-state index is -0.730. The Hall–Kier alpha value is -1.56. The van der Waals surface area contributed by atoms with E-state index in [2.05, 4.69) is 9.88 Å². The second-order valence-corrected chi connectivity index (χ2v) is 5.62. The van der Waals surface area contributed by atoms with Crippen LogP contribution < -0.4 is 0 Å². The molecule has 0 aliphatic carbocycles. The third-order valence-electron chi connectivity index (χ3n) is 3.66. The molecule has 0 radical (unpaired) electrons. The van der Waals surface area contributed by atoms with Crippen molar-refractivity contribution in [1.82, 2.24) is 9.88 Å². The molecule has 118 valence electrons. The number of likely N-dealkylation sites (tertiary alicyclic amines) is 1.